The van der Waals surface area contributed by atoms with Gasteiger partial charge in [0.25, 0.3) is 0 Å². The lowest BCUT2D eigenvalue weighted by Crippen LogP contribution is -2.42. The average molecular weight is 449 g/mol. The van der Waals surface area contributed by atoms with Gasteiger partial charge in [0.1, 0.15) is 0 Å². The van der Waals surface area contributed by atoms with Crippen LogP contribution in [0.1, 0.15) is 30.0 Å². The summed E-state index contributed by atoms with van der Waals surface area (Å²) in [6.45, 7) is 0.396. The number of hydrogen-bond donors (Lipinski definition) is 1. The Balaban J connectivity index is 1.48. The highest BCUT2D eigenvalue weighted by molar-refractivity contribution is 7.88. The fourth-order valence-corrected chi connectivity index (χ4v) is 6.32. The van der Waals surface area contributed by atoms with Crippen LogP contribution in [0.4, 0.5) is 0 Å². The monoisotopic (exact) mass is 448 g/mol. The van der Waals surface area contributed by atoms with Crippen molar-refractivity contribution in [3.05, 3.63) is 83.9 Å². The molecule has 0 saturated carbocycles. The highest BCUT2D eigenvalue weighted by atomic mass is 32.2. The molecule has 5 nitrogen and oxygen atoms in total. The van der Waals surface area contributed by atoms with Crippen LogP contribution in [0.5, 0.6) is 0 Å². The predicted molar refractivity (Wildman–Crippen MR) is 129 cm³/mol. The van der Waals surface area contributed by atoms with Gasteiger partial charge in [0.2, 0.25) is 10.0 Å². The predicted octanol–water partition coefficient (Wildman–Crippen LogP) is 4.49. The molecule has 2 atom stereocenters. The normalized spacial score (nSPS) is 17.7. The minimum absolute atomic E-state index is 0.0681. The summed E-state index contributed by atoms with van der Waals surface area (Å²) in [5, 5.41) is 13.4. The molecule has 2 unspecified atom stereocenters. The third kappa shape index (κ3) is 3.83. The molecule has 0 radical (unpaired) electrons. The lowest BCUT2D eigenvalue weighted by Gasteiger charge is -2.35. The van der Waals surface area contributed by atoms with Crippen molar-refractivity contribution in [1.82, 2.24) is 8.87 Å². The number of hydrogen-bond acceptors (Lipinski definition) is 3. The van der Waals surface area contributed by atoms with Gasteiger partial charge in [0.05, 0.1) is 24.9 Å². The van der Waals surface area contributed by atoms with Gasteiger partial charge in [-0.05, 0) is 42.5 Å². The summed E-state index contributed by atoms with van der Waals surface area (Å²) >= 11 is 0. The van der Waals surface area contributed by atoms with Gasteiger partial charge >= 0.3 is 0 Å². The highest BCUT2D eigenvalue weighted by Gasteiger charge is 2.33. The van der Waals surface area contributed by atoms with Gasteiger partial charge < -0.3 is 9.67 Å². The summed E-state index contributed by atoms with van der Waals surface area (Å²) in [5.74, 6) is 0. The van der Waals surface area contributed by atoms with Crippen molar-refractivity contribution < 1.29 is 13.5 Å². The molecule has 0 fully saturated rings. The van der Waals surface area contributed by atoms with Crippen LogP contribution in [0.25, 0.3) is 21.8 Å². The van der Waals surface area contributed by atoms with E-state index in [0.29, 0.717) is 6.54 Å². The van der Waals surface area contributed by atoms with E-state index in [1.165, 1.54) is 16.1 Å². The maximum atomic E-state index is 12.8. The first kappa shape index (κ1) is 21.2. The SMILES string of the molecule is CS(=O)(=O)N(CC(O)Cn1c2ccccc2c2ccccc21)C1CCCc2ccccc21. The third-order valence-corrected chi connectivity index (χ3v) is 7.83. The summed E-state index contributed by atoms with van der Waals surface area (Å²) < 4.78 is 29.2. The second-order valence-electron chi connectivity index (χ2n) is 8.74. The molecule has 1 aliphatic rings. The number of aryl methyl sites for hydroxylation is 1. The molecule has 32 heavy (non-hydrogen) atoms. The molecule has 4 aromatic rings. The third-order valence-electron chi connectivity index (χ3n) is 6.58. The fraction of sp³-hybridized carbons (Fsp3) is 0.308. The zero-order chi connectivity index (χ0) is 22.3. The Morgan fingerprint density at radius 2 is 1.56 bits per heavy atom. The van der Waals surface area contributed by atoms with Gasteiger partial charge in [-0.25, -0.2) is 8.42 Å². The maximum Gasteiger partial charge on any atom is 0.211 e. The van der Waals surface area contributed by atoms with E-state index in [-0.39, 0.29) is 12.6 Å². The number of sulfonamides is 1. The quantitative estimate of drug-likeness (QED) is 0.473. The average Bonchev–Trinajstić information content (AvgIpc) is 3.10. The number of aliphatic hydroxyl groups is 1. The summed E-state index contributed by atoms with van der Waals surface area (Å²) in [4.78, 5) is 0. The maximum absolute atomic E-state index is 12.8. The van der Waals surface area contributed by atoms with E-state index in [2.05, 4.69) is 22.8 Å². The summed E-state index contributed by atoms with van der Waals surface area (Å²) in [6.07, 6.45) is 3.09. The van der Waals surface area contributed by atoms with Crippen LogP contribution in [-0.4, -0.2) is 41.3 Å². The Hall–Kier alpha value is -2.67. The molecular formula is C26H28N2O3S. The smallest absolute Gasteiger partial charge is 0.211 e. The number of aliphatic hydroxyl groups excluding tert-OH is 1. The number of para-hydroxylation sites is 2. The molecule has 0 aliphatic heterocycles. The van der Waals surface area contributed by atoms with E-state index in [4.69, 9.17) is 0 Å². The van der Waals surface area contributed by atoms with E-state index in [0.717, 1.165) is 46.6 Å². The Bertz CT molecular complexity index is 1320. The van der Waals surface area contributed by atoms with Crippen LogP contribution in [-0.2, 0) is 23.0 Å². The summed E-state index contributed by atoms with van der Waals surface area (Å²) in [5.41, 5.74) is 4.35. The standard InChI is InChI=1S/C26H28N2O3S/c1-32(30,31)28(26-16-8-10-19-9-2-3-11-21(19)26)18-20(29)17-27-24-14-6-4-12-22(24)23-13-5-7-15-25(23)27/h2-7,9,11-15,20,26,29H,8,10,16-18H2,1H3. The molecule has 3 aromatic carbocycles. The molecule has 0 bridgehead atoms. The molecule has 0 spiro atoms. The van der Waals surface area contributed by atoms with E-state index in [1.807, 2.05) is 54.6 Å². The summed E-state index contributed by atoms with van der Waals surface area (Å²) in [6, 6.07) is 24.1. The van der Waals surface area contributed by atoms with Crippen molar-refractivity contribution in [2.75, 3.05) is 12.8 Å². The van der Waals surface area contributed by atoms with Crippen LogP contribution >= 0.6 is 0 Å². The number of rotatable bonds is 6. The van der Waals surface area contributed by atoms with Crippen molar-refractivity contribution in [1.29, 1.82) is 0 Å². The first-order valence-electron chi connectivity index (χ1n) is 11.1. The van der Waals surface area contributed by atoms with Crippen LogP contribution in [0.2, 0.25) is 0 Å². The molecule has 1 aliphatic carbocycles. The Labute approximate surface area is 188 Å². The van der Waals surface area contributed by atoms with Crippen molar-refractivity contribution in [3.63, 3.8) is 0 Å². The first-order valence-corrected chi connectivity index (χ1v) is 13.0. The van der Waals surface area contributed by atoms with Gasteiger partial charge in [-0.2, -0.15) is 4.31 Å². The van der Waals surface area contributed by atoms with Crippen molar-refractivity contribution >= 4 is 31.8 Å². The number of aromatic nitrogens is 1. The Morgan fingerprint density at radius 1 is 0.969 bits per heavy atom. The van der Waals surface area contributed by atoms with Crippen molar-refractivity contribution in [2.45, 2.75) is 38.0 Å². The van der Waals surface area contributed by atoms with E-state index < -0.39 is 16.1 Å². The fourth-order valence-electron chi connectivity index (χ4n) is 5.20. The second-order valence-corrected chi connectivity index (χ2v) is 10.7. The Morgan fingerprint density at radius 3 is 2.22 bits per heavy atom. The van der Waals surface area contributed by atoms with Gasteiger partial charge in [-0.1, -0.05) is 60.7 Å². The molecule has 1 aromatic heterocycles. The van der Waals surface area contributed by atoms with Gasteiger partial charge in [-0.15, -0.1) is 0 Å². The first-order chi connectivity index (χ1) is 15.4. The van der Waals surface area contributed by atoms with Gasteiger partial charge in [-0.3, -0.25) is 0 Å². The second kappa shape index (κ2) is 8.35. The van der Waals surface area contributed by atoms with Crippen LogP contribution in [0.15, 0.2) is 72.8 Å². The van der Waals surface area contributed by atoms with Crippen molar-refractivity contribution in [2.24, 2.45) is 0 Å². The number of benzene rings is 3. The van der Waals surface area contributed by atoms with E-state index >= 15 is 0 Å². The summed E-state index contributed by atoms with van der Waals surface area (Å²) in [7, 11) is -3.50. The molecule has 1 N–H and O–H groups in total. The molecule has 166 valence electrons. The van der Waals surface area contributed by atoms with Gasteiger partial charge in [0.15, 0.2) is 0 Å². The van der Waals surface area contributed by atoms with Crippen LogP contribution in [0.3, 0.4) is 0 Å². The van der Waals surface area contributed by atoms with E-state index in [9.17, 15) is 13.5 Å². The number of fused-ring (bicyclic) bond motifs is 4. The van der Waals surface area contributed by atoms with Crippen molar-refractivity contribution in [3.8, 4) is 0 Å². The minimum Gasteiger partial charge on any atom is -0.390 e. The van der Waals surface area contributed by atoms with Crippen LogP contribution < -0.4 is 0 Å². The number of nitrogens with zero attached hydrogens (tertiary/aromatic N) is 2. The molecule has 6 heteroatoms. The molecule has 0 saturated heterocycles. The molecule has 1 heterocycles. The largest absolute Gasteiger partial charge is 0.390 e. The highest BCUT2D eigenvalue weighted by Crippen LogP contribution is 2.36. The molecule has 0 amide bonds. The topological polar surface area (TPSA) is 62.5 Å². The van der Waals surface area contributed by atoms with Crippen LogP contribution in [0, 0.1) is 0 Å². The zero-order valence-corrected chi connectivity index (χ0v) is 19.0. The zero-order valence-electron chi connectivity index (χ0n) is 18.2. The lowest BCUT2D eigenvalue weighted by atomic mass is 9.87. The Kier molecular flexibility index (Phi) is 5.53. The van der Waals surface area contributed by atoms with Gasteiger partial charge in [0, 0.05) is 28.4 Å². The van der Waals surface area contributed by atoms with E-state index in [1.54, 1.807) is 0 Å². The molecular weight excluding hydrogens is 420 g/mol. The lowest BCUT2D eigenvalue weighted by molar-refractivity contribution is 0.114. The minimum atomic E-state index is -3.50. The molecule has 5 rings (SSSR count).